The van der Waals surface area contributed by atoms with Gasteiger partial charge in [-0.25, -0.2) is 9.59 Å². The van der Waals surface area contributed by atoms with Gasteiger partial charge >= 0.3 is 11.9 Å². The second-order valence-electron chi connectivity index (χ2n) is 15.9. The molecule has 6 aromatic carbocycles. The molecule has 2 aliphatic rings. The predicted molar refractivity (Wildman–Crippen MR) is 267 cm³/mol. The number of non-ortho nitro benzene ring substituents is 2. The van der Waals surface area contributed by atoms with Crippen LogP contribution in [-0.4, -0.2) is 83.3 Å². The molecule has 0 radical (unpaired) electrons. The molecule has 75 heavy (non-hydrogen) atoms. The number of carbonyl (C=O) groups is 4. The molecule has 0 saturated heterocycles. The first-order valence-electron chi connectivity index (χ1n) is 22.0. The van der Waals surface area contributed by atoms with Gasteiger partial charge in [-0.3, -0.25) is 54.9 Å². The van der Waals surface area contributed by atoms with Crippen molar-refractivity contribution in [1.29, 1.82) is 0 Å². The predicted octanol–water partition coefficient (Wildman–Crippen LogP) is 8.50. The third-order valence-electron chi connectivity index (χ3n) is 11.4. The zero-order valence-electron chi connectivity index (χ0n) is 40.0. The molecule has 0 saturated carbocycles. The number of fused-ring (bicyclic) bond motifs is 2. The van der Waals surface area contributed by atoms with Crippen molar-refractivity contribution in [3.05, 3.63) is 195 Å². The van der Waals surface area contributed by atoms with Crippen LogP contribution in [0.2, 0.25) is 0 Å². The van der Waals surface area contributed by atoms with Gasteiger partial charge in [-0.15, -0.1) is 0 Å². The Kier molecular flexibility index (Phi) is 17.9. The van der Waals surface area contributed by atoms with Crippen LogP contribution in [0.4, 0.5) is 34.1 Å². The fourth-order valence-electron chi connectivity index (χ4n) is 7.71. The number of ether oxygens (including phenoxy) is 6. The van der Waals surface area contributed by atoms with Gasteiger partial charge in [0.25, 0.3) is 33.9 Å². The Hall–Kier alpha value is -9.71. The number of rotatable bonds is 16. The number of carbonyl (C=O) groups excluding carboxylic acids is 4. The molecule has 0 aliphatic carbocycles. The molecule has 0 bridgehead atoms. The van der Waals surface area contributed by atoms with Crippen LogP contribution in [0.15, 0.2) is 121 Å². The summed E-state index contributed by atoms with van der Waals surface area (Å²) in [6.07, 6.45) is 0.523. The molecule has 8 rings (SSSR count). The maximum Gasteiger partial charge on any atom is 0.329 e. The summed E-state index contributed by atoms with van der Waals surface area (Å²) in [4.78, 5) is 92.2. The van der Waals surface area contributed by atoms with Crippen LogP contribution >= 0.6 is 11.6 Å². The lowest BCUT2D eigenvalue weighted by Crippen LogP contribution is -2.43. The van der Waals surface area contributed by atoms with Crippen LogP contribution in [0.25, 0.3) is 0 Å². The van der Waals surface area contributed by atoms with Crippen molar-refractivity contribution in [2.45, 2.75) is 38.1 Å². The second kappa shape index (κ2) is 24.6. The average molecular weight is 1050 g/mol. The summed E-state index contributed by atoms with van der Waals surface area (Å²) >= 11 is 5.37. The van der Waals surface area contributed by atoms with E-state index >= 15 is 0 Å². The Morgan fingerprint density at radius 1 is 0.573 bits per heavy atom. The minimum atomic E-state index is -1.17. The molecule has 2 heterocycles. The maximum atomic E-state index is 13.8. The van der Waals surface area contributed by atoms with Crippen molar-refractivity contribution in [1.82, 2.24) is 0 Å². The molecule has 6 aromatic rings. The summed E-state index contributed by atoms with van der Waals surface area (Å²) in [6.45, 7) is 0.303. The standard InChI is InChI=1S/C25H21N3O9.C15H12ClNO5.C10H10N2O4/c1-35-22-12-18(20(28(33)34)13-23(22)37-14-15-6-4-3-5-7-15)24(29)26-19-11-17(27(31)32)9-8-16(19)10-21(26)25(30)36-2;1-21-13-7-11(15(16)18)12(17(19)20)8-14(13)22-9-10-5-3-2-4-6-10;1-16-10(13)9-4-6-2-3-7(12(14)15)5-8(6)11-9/h3-9,11-13,21H,10,14H2,1-2H3;2-8H,9H2,1H3;2-3,5,9,11H,4H2,1H3/t21-;;9-/m0.0/s1. The molecule has 24 nitrogen and oxygen atoms in total. The first kappa shape index (κ1) is 54.6. The minimum Gasteiger partial charge on any atom is -0.493 e. The first-order valence-corrected chi connectivity index (χ1v) is 22.3. The van der Waals surface area contributed by atoms with E-state index in [0.717, 1.165) is 53.0 Å². The number of nitro groups is 4. The van der Waals surface area contributed by atoms with Crippen molar-refractivity contribution in [2.24, 2.45) is 0 Å². The lowest BCUT2D eigenvalue weighted by atomic mass is 10.1. The Labute approximate surface area is 429 Å². The molecule has 2 aliphatic heterocycles. The molecule has 0 fully saturated rings. The molecule has 0 aromatic heterocycles. The van der Waals surface area contributed by atoms with E-state index in [1.807, 2.05) is 60.7 Å². The van der Waals surface area contributed by atoms with Crippen molar-refractivity contribution >= 4 is 68.8 Å². The number of nitrogens with zero attached hydrogens (tertiary/aromatic N) is 5. The van der Waals surface area contributed by atoms with Crippen molar-refractivity contribution in [3.8, 4) is 23.0 Å². The van der Waals surface area contributed by atoms with E-state index in [0.29, 0.717) is 17.7 Å². The van der Waals surface area contributed by atoms with Gasteiger partial charge in [0.15, 0.2) is 23.0 Å². The van der Waals surface area contributed by atoms with E-state index < -0.39 is 60.3 Å². The SMILES string of the molecule is COC(=O)[C@@H]1Cc2ccc([N+](=O)[O-])cc2N1.COC(=O)[C@@H]1Cc2ccc([N+](=O)[O-])cc2N1C(=O)c1cc(OC)c(OCc2ccccc2)cc1[N+](=O)[O-].COc1cc(C(=O)Cl)c([N+](=O)[O-])cc1OCc1ccccc1. The molecule has 388 valence electrons. The zero-order valence-corrected chi connectivity index (χ0v) is 40.7. The number of hydrogen-bond donors (Lipinski definition) is 1. The van der Waals surface area contributed by atoms with Crippen molar-refractivity contribution in [3.63, 3.8) is 0 Å². The summed E-state index contributed by atoms with van der Waals surface area (Å²) in [5, 5.41) is 46.9. The number of benzene rings is 6. The molecule has 1 amide bonds. The molecular weight excluding hydrogens is 1010 g/mol. The third-order valence-corrected chi connectivity index (χ3v) is 11.6. The van der Waals surface area contributed by atoms with Gasteiger partial charge < -0.3 is 33.7 Å². The highest BCUT2D eigenvalue weighted by molar-refractivity contribution is 6.68. The molecule has 0 spiro atoms. The van der Waals surface area contributed by atoms with Gasteiger partial charge in [-0.1, -0.05) is 72.8 Å². The highest BCUT2D eigenvalue weighted by Gasteiger charge is 2.43. The number of esters is 2. The summed E-state index contributed by atoms with van der Waals surface area (Å²) in [5.41, 5.74) is 1.85. The van der Waals surface area contributed by atoms with Crippen LogP contribution in [0.5, 0.6) is 23.0 Å². The van der Waals surface area contributed by atoms with Gasteiger partial charge in [0.05, 0.1) is 66.0 Å². The van der Waals surface area contributed by atoms with Gasteiger partial charge in [0, 0.05) is 54.9 Å². The Morgan fingerprint density at radius 2 is 1.05 bits per heavy atom. The van der Waals surface area contributed by atoms with Crippen LogP contribution < -0.4 is 29.2 Å². The van der Waals surface area contributed by atoms with Crippen molar-refractivity contribution < 1.29 is 67.3 Å². The van der Waals surface area contributed by atoms with E-state index in [1.165, 1.54) is 51.7 Å². The van der Waals surface area contributed by atoms with Gasteiger partial charge in [0.2, 0.25) is 0 Å². The lowest BCUT2D eigenvalue weighted by molar-refractivity contribution is -0.385. The zero-order chi connectivity index (χ0) is 54.5. The topological polar surface area (TPSA) is 311 Å². The summed E-state index contributed by atoms with van der Waals surface area (Å²) in [6, 6.07) is 29.7. The van der Waals surface area contributed by atoms with E-state index in [9.17, 15) is 59.6 Å². The van der Waals surface area contributed by atoms with Gasteiger partial charge in [0.1, 0.15) is 36.4 Å². The first-order chi connectivity index (χ1) is 35.9. The van der Waals surface area contributed by atoms with Crippen LogP contribution in [-0.2, 0) is 45.1 Å². The van der Waals surface area contributed by atoms with Crippen LogP contribution in [0, 0.1) is 40.5 Å². The highest BCUT2D eigenvalue weighted by Crippen LogP contribution is 2.41. The molecule has 0 unspecified atom stereocenters. The largest absolute Gasteiger partial charge is 0.493 e. The molecule has 2 atom stereocenters. The highest BCUT2D eigenvalue weighted by atomic mass is 35.5. The number of nitro benzene ring substituents is 4. The Bertz CT molecular complexity index is 3180. The quantitative estimate of drug-likeness (QED) is 0.0411. The number of nitrogens with one attached hydrogen (secondary N) is 1. The van der Waals surface area contributed by atoms with Crippen LogP contribution in [0.3, 0.4) is 0 Å². The number of hydrogen-bond acceptors (Lipinski definition) is 19. The minimum absolute atomic E-state index is 0.0109. The van der Waals surface area contributed by atoms with Gasteiger partial charge in [-0.05, 0) is 33.9 Å². The Morgan fingerprint density at radius 3 is 1.52 bits per heavy atom. The van der Waals surface area contributed by atoms with Crippen LogP contribution in [0.1, 0.15) is 43.0 Å². The third kappa shape index (κ3) is 13.0. The smallest absolute Gasteiger partial charge is 0.329 e. The number of amides is 1. The molecule has 1 N–H and O–H groups in total. The van der Waals surface area contributed by atoms with Crippen molar-refractivity contribution in [2.75, 3.05) is 38.7 Å². The van der Waals surface area contributed by atoms with E-state index in [1.54, 1.807) is 6.07 Å². The summed E-state index contributed by atoms with van der Waals surface area (Å²) in [7, 11) is 5.14. The Balaban J connectivity index is 0.000000203. The number of methoxy groups -OCH3 is 4. The fourth-order valence-corrected chi connectivity index (χ4v) is 7.87. The summed E-state index contributed by atoms with van der Waals surface area (Å²) in [5.74, 6) is -1.60. The second-order valence-corrected chi connectivity index (χ2v) is 16.2. The summed E-state index contributed by atoms with van der Waals surface area (Å²) < 4.78 is 31.2. The average Bonchev–Trinajstić information content (AvgIpc) is 4.03. The monoisotopic (exact) mass is 1050 g/mol. The molecular formula is C50H43ClN6O18. The number of anilines is 2. The van der Waals surface area contributed by atoms with Gasteiger partial charge in [-0.2, -0.15) is 0 Å². The van der Waals surface area contributed by atoms with E-state index in [-0.39, 0.29) is 76.8 Å². The van der Waals surface area contributed by atoms with E-state index in [2.05, 4.69) is 10.1 Å². The van der Waals surface area contributed by atoms with E-state index in [4.69, 9.17) is 35.3 Å². The maximum absolute atomic E-state index is 13.8. The lowest BCUT2D eigenvalue weighted by Gasteiger charge is -2.24. The number of halogens is 1. The normalized spacial score (nSPS) is 13.6. The fraction of sp³-hybridized carbons (Fsp3) is 0.200. The molecule has 25 heteroatoms.